The van der Waals surface area contributed by atoms with Crippen LogP contribution in [-0.2, 0) is 0 Å². The summed E-state index contributed by atoms with van der Waals surface area (Å²) < 4.78 is 0. The van der Waals surface area contributed by atoms with E-state index in [-0.39, 0.29) is 0 Å². The summed E-state index contributed by atoms with van der Waals surface area (Å²) in [5.74, 6) is 0.828. The Kier molecular flexibility index (Phi) is 4.09. The second-order valence-corrected chi connectivity index (χ2v) is 4.64. The largest absolute Gasteiger partial charge is 0.304 e. The molecule has 0 aliphatic heterocycles. The quantitative estimate of drug-likeness (QED) is 0.606. The van der Waals surface area contributed by atoms with E-state index in [1.807, 2.05) is 0 Å². The molecule has 0 atom stereocenters. The van der Waals surface area contributed by atoms with Crippen LogP contribution in [0, 0.1) is 5.92 Å². The van der Waals surface area contributed by atoms with Gasteiger partial charge in [-0.2, -0.15) is 0 Å². The molecule has 0 aliphatic carbocycles. The van der Waals surface area contributed by atoms with E-state index < -0.39 is 0 Å². The molecule has 0 aromatic heterocycles. The first kappa shape index (κ1) is 11.0. The average molecular weight is 157 g/mol. The van der Waals surface area contributed by atoms with Crippen LogP contribution in [0.25, 0.3) is 0 Å². The van der Waals surface area contributed by atoms with E-state index in [9.17, 15) is 0 Å². The molecule has 0 unspecified atom stereocenters. The van der Waals surface area contributed by atoms with Gasteiger partial charge in [0.25, 0.3) is 0 Å². The zero-order chi connectivity index (χ0) is 9.07. The molecule has 0 N–H and O–H groups in total. The van der Waals surface area contributed by atoms with Gasteiger partial charge in [-0.3, -0.25) is 0 Å². The molecule has 0 rings (SSSR count). The smallest absolute Gasteiger partial charge is 0.0147 e. The highest BCUT2D eigenvalue weighted by Crippen LogP contribution is 2.19. The van der Waals surface area contributed by atoms with Gasteiger partial charge in [0.1, 0.15) is 0 Å². The van der Waals surface area contributed by atoms with Gasteiger partial charge in [-0.05, 0) is 46.7 Å². The van der Waals surface area contributed by atoms with Gasteiger partial charge in [0.2, 0.25) is 0 Å². The van der Waals surface area contributed by atoms with Crippen LogP contribution in [0.5, 0.6) is 0 Å². The number of hydrogen-bond acceptors (Lipinski definition) is 1. The highest BCUT2D eigenvalue weighted by Gasteiger charge is 2.19. The monoisotopic (exact) mass is 157 g/mol. The molecule has 11 heavy (non-hydrogen) atoms. The van der Waals surface area contributed by atoms with Gasteiger partial charge in [-0.1, -0.05) is 13.8 Å². The predicted molar refractivity (Wildman–Crippen MR) is 51.8 cm³/mol. The highest BCUT2D eigenvalue weighted by molar-refractivity contribution is 4.76. The highest BCUT2D eigenvalue weighted by atomic mass is 15.1. The van der Waals surface area contributed by atoms with E-state index in [4.69, 9.17) is 0 Å². The summed E-state index contributed by atoms with van der Waals surface area (Å²) >= 11 is 0. The predicted octanol–water partition coefficient (Wildman–Crippen LogP) is 2.76. The maximum absolute atomic E-state index is 2.30. The van der Waals surface area contributed by atoms with Crippen molar-refractivity contribution in [2.45, 2.75) is 46.1 Å². The number of hydrogen-bond donors (Lipinski definition) is 0. The van der Waals surface area contributed by atoms with E-state index in [0.717, 1.165) is 5.92 Å². The zero-order valence-electron chi connectivity index (χ0n) is 8.94. The zero-order valence-corrected chi connectivity index (χ0v) is 8.94. The Morgan fingerprint density at radius 2 is 1.64 bits per heavy atom. The fourth-order valence-corrected chi connectivity index (χ4v) is 0.866. The van der Waals surface area contributed by atoms with Crippen LogP contribution < -0.4 is 0 Å². The fraction of sp³-hybridized carbons (Fsp3) is 1.00. The maximum Gasteiger partial charge on any atom is 0.0147 e. The maximum atomic E-state index is 2.30. The van der Waals surface area contributed by atoms with Gasteiger partial charge >= 0.3 is 0 Å². The molecule has 0 radical (unpaired) electrons. The first-order valence-corrected chi connectivity index (χ1v) is 4.53. The third kappa shape index (κ3) is 4.41. The van der Waals surface area contributed by atoms with Crippen LogP contribution in [-0.4, -0.2) is 24.5 Å². The Labute approximate surface area is 71.8 Å². The van der Waals surface area contributed by atoms with Crippen LogP contribution in [0.2, 0.25) is 0 Å². The first-order valence-electron chi connectivity index (χ1n) is 4.53. The van der Waals surface area contributed by atoms with E-state index >= 15 is 0 Å². The van der Waals surface area contributed by atoms with E-state index in [1.165, 1.54) is 12.8 Å². The van der Waals surface area contributed by atoms with E-state index in [2.05, 4.69) is 46.7 Å². The standard InChI is InChI=1S/C10H23N/c1-9(2)7-8-10(3,4)11(5)6/h9H,7-8H2,1-6H3. The minimum Gasteiger partial charge on any atom is -0.304 e. The number of rotatable bonds is 4. The minimum atomic E-state index is 0.365. The van der Waals surface area contributed by atoms with Gasteiger partial charge < -0.3 is 4.90 Å². The normalized spacial score (nSPS) is 13.1. The molecular weight excluding hydrogens is 134 g/mol. The molecule has 68 valence electrons. The van der Waals surface area contributed by atoms with Gasteiger partial charge in [-0.15, -0.1) is 0 Å². The summed E-state index contributed by atoms with van der Waals surface area (Å²) in [6, 6.07) is 0. The Morgan fingerprint density at radius 1 is 1.18 bits per heavy atom. The second-order valence-electron chi connectivity index (χ2n) is 4.64. The van der Waals surface area contributed by atoms with Crippen molar-refractivity contribution in [2.75, 3.05) is 14.1 Å². The summed E-state index contributed by atoms with van der Waals surface area (Å²) in [4.78, 5) is 2.30. The van der Waals surface area contributed by atoms with Crippen molar-refractivity contribution in [3.05, 3.63) is 0 Å². The van der Waals surface area contributed by atoms with Crippen molar-refractivity contribution in [3.8, 4) is 0 Å². The Hall–Kier alpha value is -0.0400. The average Bonchev–Trinajstić information content (AvgIpc) is 1.84. The van der Waals surface area contributed by atoms with Gasteiger partial charge in [0, 0.05) is 5.54 Å². The molecule has 1 heteroatoms. The lowest BCUT2D eigenvalue weighted by molar-refractivity contribution is 0.172. The van der Waals surface area contributed by atoms with Crippen molar-refractivity contribution < 1.29 is 0 Å². The van der Waals surface area contributed by atoms with Crippen molar-refractivity contribution in [3.63, 3.8) is 0 Å². The summed E-state index contributed by atoms with van der Waals surface area (Å²) in [6.45, 7) is 9.17. The van der Waals surface area contributed by atoms with Crippen LogP contribution in [0.4, 0.5) is 0 Å². The molecule has 0 fully saturated rings. The lowest BCUT2D eigenvalue weighted by Gasteiger charge is -2.33. The fourth-order valence-electron chi connectivity index (χ4n) is 0.866. The van der Waals surface area contributed by atoms with Crippen molar-refractivity contribution in [2.24, 2.45) is 5.92 Å². The molecule has 0 amide bonds. The van der Waals surface area contributed by atoms with Crippen molar-refractivity contribution >= 4 is 0 Å². The van der Waals surface area contributed by atoms with Gasteiger partial charge in [-0.25, -0.2) is 0 Å². The van der Waals surface area contributed by atoms with Crippen molar-refractivity contribution in [1.82, 2.24) is 4.90 Å². The Bertz CT molecular complexity index is 103. The van der Waals surface area contributed by atoms with Crippen molar-refractivity contribution in [1.29, 1.82) is 0 Å². The second kappa shape index (κ2) is 4.10. The lowest BCUT2D eigenvalue weighted by atomic mass is 9.93. The first-order chi connectivity index (χ1) is 4.86. The van der Waals surface area contributed by atoms with E-state index in [1.54, 1.807) is 0 Å². The lowest BCUT2D eigenvalue weighted by Crippen LogP contribution is -2.38. The van der Waals surface area contributed by atoms with Crippen LogP contribution in [0.15, 0.2) is 0 Å². The Balaban J connectivity index is 3.73. The number of nitrogens with zero attached hydrogens (tertiary/aromatic N) is 1. The van der Waals surface area contributed by atoms with Crippen LogP contribution in [0.1, 0.15) is 40.5 Å². The molecule has 0 aliphatic rings. The summed E-state index contributed by atoms with van der Waals surface area (Å²) in [7, 11) is 4.31. The summed E-state index contributed by atoms with van der Waals surface area (Å²) in [5.41, 5.74) is 0.365. The molecule has 1 nitrogen and oxygen atoms in total. The minimum absolute atomic E-state index is 0.365. The van der Waals surface area contributed by atoms with Gasteiger partial charge in [0.05, 0.1) is 0 Å². The third-order valence-electron chi connectivity index (χ3n) is 2.54. The van der Waals surface area contributed by atoms with Gasteiger partial charge in [0.15, 0.2) is 0 Å². The third-order valence-corrected chi connectivity index (χ3v) is 2.54. The summed E-state index contributed by atoms with van der Waals surface area (Å²) in [6.07, 6.45) is 2.61. The molecule has 0 heterocycles. The molecule has 0 spiro atoms. The molecular formula is C10H23N. The van der Waals surface area contributed by atoms with Crippen LogP contribution >= 0.6 is 0 Å². The molecule has 0 aromatic rings. The molecule has 0 saturated carbocycles. The molecule has 0 bridgehead atoms. The van der Waals surface area contributed by atoms with E-state index in [0.29, 0.717) is 5.54 Å². The topological polar surface area (TPSA) is 3.24 Å². The molecule has 0 saturated heterocycles. The van der Waals surface area contributed by atoms with Crippen LogP contribution in [0.3, 0.4) is 0 Å². The Morgan fingerprint density at radius 3 is 1.91 bits per heavy atom. The summed E-state index contributed by atoms with van der Waals surface area (Å²) in [5, 5.41) is 0. The SMILES string of the molecule is CC(C)CCC(C)(C)N(C)C. The molecule has 0 aromatic carbocycles.